The molecule has 0 saturated carbocycles. The smallest absolute Gasteiger partial charge is 0.250 e. The molecule has 1 aliphatic rings. The Kier molecular flexibility index (Phi) is 8.05. The van der Waals surface area contributed by atoms with Crippen LogP contribution in [0.15, 0.2) is 71.8 Å². The lowest BCUT2D eigenvalue weighted by molar-refractivity contribution is 0.211. The molecule has 0 radical (unpaired) electrons. The summed E-state index contributed by atoms with van der Waals surface area (Å²) >= 11 is 0. The van der Waals surface area contributed by atoms with Crippen LogP contribution >= 0.6 is 0 Å². The Morgan fingerprint density at radius 1 is 0.878 bits per heavy atom. The summed E-state index contributed by atoms with van der Waals surface area (Å²) in [4.78, 5) is -1.36. The second-order valence-electron chi connectivity index (χ2n) is 9.86. The van der Waals surface area contributed by atoms with Crippen LogP contribution in [0.1, 0.15) is 32.7 Å². The Balaban J connectivity index is 1.37. The van der Waals surface area contributed by atoms with Crippen LogP contribution in [0, 0.1) is 23.3 Å². The molecule has 4 aromatic rings. The van der Waals surface area contributed by atoms with Gasteiger partial charge >= 0.3 is 0 Å². The van der Waals surface area contributed by atoms with Crippen molar-refractivity contribution in [2.24, 2.45) is 0 Å². The normalized spacial score (nSPS) is 16.2. The average molecular weight is 590 g/mol. The zero-order valence-corrected chi connectivity index (χ0v) is 23.0. The van der Waals surface area contributed by atoms with E-state index in [4.69, 9.17) is 9.47 Å². The van der Waals surface area contributed by atoms with Gasteiger partial charge in [0.1, 0.15) is 11.5 Å². The van der Waals surface area contributed by atoms with Crippen LogP contribution in [0.25, 0.3) is 11.3 Å². The van der Waals surface area contributed by atoms with Crippen molar-refractivity contribution in [3.8, 4) is 28.5 Å². The van der Waals surface area contributed by atoms with E-state index in [0.29, 0.717) is 30.0 Å². The summed E-state index contributed by atoms with van der Waals surface area (Å²) in [6.45, 7) is 2.67. The zero-order valence-electron chi connectivity index (χ0n) is 22.2. The molecule has 216 valence electrons. The van der Waals surface area contributed by atoms with Crippen molar-refractivity contribution in [2.45, 2.75) is 43.7 Å². The Hall–Kier alpha value is -3.90. The molecule has 0 bridgehead atoms. The van der Waals surface area contributed by atoms with Crippen LogP contribution in [-0.2, 0) is 10.0 Å². The first-order chi connectivity index (χ1) is 19.6. The minimum Gasteiger partial charge on any atom is -0.486 e. The number of halogens is 4. The Bertz CT molecular complexity index is 1650. The summed E-state index contributed by atoms with van der Waals surface area (Å²) in [5.41, 5.74) is 1.44. The van der Waals surface area contributed by atoms with Crippen molar-refractivity contribution >= 4 is 10.0 Å². The quantitative estimate of drug-likeness (QED) is 0.130. The fourth-order valence-corrected chi connectivity index (χ4v) is 6.34. The van der Waals surface area contributed by atoms with Crippen molar-refractivity contribution < 1.29 is 35.5 Å². The standard InChI is InChI=1S/C29H27F4N3O4S/c1-18(2)39-28-26(32)24(30)25(31)27(33)29(28)41(37,38)35-15-6-7-20(17-35)36-16-14-23(34-36)19-10-12-22(13-11-19)40-21-8-4-3-5-9-21/h3-5,8-14,16,18,20H,6-7,15,17H2,1-2H3. The van der Waals surface area contributed by atoms with Crippen LogP contribution < -0.4 is 9.47 Å². The summed E-state index contributed by atoms with van der Waals surface area (Å²) in [7, 11) is -4.82. The van der Waals surface area contributed by atoms with Crippen molar-refractivity contribution in [1.82, 2.24) is 14.1 Å². The predicted molar refractivity (Wildman–Crippen MR) is 143 cm³/mol. The van der Waals surface area contributed by atoms with Gasteiger partial charge in [0.25, 0.3) is 0 Å². The van der Waals surface area contributed by atoms with Gasteiger partial charge in [-0.05, 0) is 69.2 Å². The maximum Gasteiger partial charge on any atom is 0.250 e. The number of aromatic nitrogens is 2. The molecule has 1 aromatic heterocycles. The van der Waals surface area contributed by atoms with Crippen LogP contribution in [0.2, 0.25) is 0 Å². The third kappa shape index (κ3) is 5.80. The molecule has 0 aliphatic carbocycles. The third-order valence-corrected chi connectivity index (χ3v) is 8.50. The summed E-state index contributed by atoms with van der Waals surface area (Å²) in [5, 5.41) is 4.61. The topological polar surface area (TPSA) is 73.7 Å². The van der Waals surface area contributed by atoms with E-state index in [1.54, 1.807) is 16.9 Å². The van der Waals surface area contributed by atoms with E-state index in [-0.39, 0.29) is 13.1 Å². The molecule has 0 N–H and O–H groups in total. The van der Waals surface area contributed by atoms with E-state index < -0.39 is 56.1 Å². The SMILES string of the molecule is CC(C)Oc1c(F)c(F)c(F)c(F)c1S(=O)(=O)N1CCCC(n2ccc(-c3ccc(Oc4ccccc4)cc3)n2)C1. The van der Waals surface area contributed by atoms with Gasteiger partial charge in [0.2, 0.25) is 21.7 Å². The molecule has 1 fully saturated rings. The van der Waals surface area contributed by atoms with E-state index >= 15 is 0 Å². The molecular formula is C29H27F4N3O4S. The fraction of sp³-hybridized carbons (Fsp3) is 0.276. The number of hydrogen-bond donors (Lipinski definition) is 0. The molecule has 3 aromatic carbocycles. The van der Waals surface area contributed by atoms with Crippen LogP contribution in [0.3, 0.4) is 0 Å². The average Bonchev–Trinajstić information content (AvgIpc) is 3.46. The minimum atomic E-state index is -4.82. The number of nitrogens with zero attached hydrogens (tertiary/aromatic N) is 3. The first-order valence-electron chi connectivity index (χ1n) is 13.0. The highest BCUT2D eigenvalue weighted by Gasteiger charge is 2.40. The number of para-hydroxylation sites is 1. The van der Waals surface area contributed by atoms with Crippen molar-refractivity contribution in [3.05, 3.63) is 90.1 Å². The van der Waals surface area contributed by atoms with Crippen LogP contribution in [-0.4, -0.2) is 41.7 Å². The van der Waals surface area contributed by atoms with Crippen LogP contribution in [0.5, 0.6) is 17.2 Å². The molecule has 1 aliphatic heterocycles. The number of ether oxygens (including phenoxy) is 2. The molecule has 0 amide bonds. The third-order valence-electron chi connectivity index (χ3n) is 6.61. The molecule has 1 unspecified atom stereocenters. The fourth-order valence-electron chi connectivity index (χ4n) is 4.66. The first-order valence-corrected chi connectivity index (χ1v) is 14.4. The van der Waals surface area contributed by atoms with Crippen molar-refractivity contribution in [2.75, 3.05) is 13.1 Å². The number of hydrogen-bond acceptors (Lipinski definition) is 5. The van der Waals surface area contributed by atoms with Gasteiger partial charge in [0.05, 0.1) is 17.8 Å². The summed E-state index contributed by atoms with van der Waals surface area (Å²) in [5.74, 6) is -8.12. The van der Waals surface area contributed by atoms with E-state index in [9.17, 15) is 26.0 Å². The predicted octanol–water partition coefficient (Wildman–Crippen LogP) is 6.71. The Labute approximate surface area is 235 Å². The van der Waals surface area contributed by atoms with Gasteiger partial charge in [-0.1, -0.05) is 18.2 Å². The Morgan fingerprint density at radius 3 is 2.22 bits per heavy atom. The highest BCUT2D eigenvalue weighted by Crippen LogP contribution is 2.38. The largest absolute Gasteiger partial charge is 0.486 e. The maximum atomic E-state index is 14.9. The molecule has 41 heavy (non-hydrogen) atoms. The van der Waals surface area contributed by atoms with Gasteiger partial charge in [0, 0.05) is 24.8 Å². The second-order valence-corrected chi connectivity index (χ2v) is 11.7. The number of piperidine rings is 1. The zero-order chi connectivity index (χ0) is 29.3. The van der Waals surface area contributed by atoms with Gasteiger partial charge in [-0.25, -0.2) is 21.6 Å². The molecule has 7 nitrogen and oxygen atoms in total. The second kappa shape index (κ2) is 11.5. The van der Waals surface area contributed by atoms with Gasteiger partial charge in [-0.2, -0.15) is 13.8 Å². The minimum absolute atomic E-state index is 0.0307. The summed E-state index contributed by atoms with van der Waals surface area (Å²) in [6, 6.07) is 18.0. The molecule has 12 heteroatoms. The van der Waals surface area contributed by atoms with Gasteiger partial charge in [0.15, 0.2) is 22.3 Å². The van der Waals surface area contributed by atoms with Gasteiger partial charge < -0.3 is 9.47 Å². The molecule has 2 heterocycles. The molecular weight excluding hydrogens is 562 g/mol. The van der Waals surface area contributed by atoms with E-state index in [0.717, 1.165) is 9.87 Å². The van der Waals surface area contributed by atoms with Crippen molar-refractivity contribution in [3.63, 3.8) is 0 Å². The lowest BCUT2D eigenvalue weighted by Crippen LogP contribution is -2.41. The van der Waals surface area contributed by atoms with Crippen LogP contribution in [0.4, 0.5) is 17.6 Å². The number of rotatable bonds is 8. The Morgan fingerprint density at radius 2 is 1.54 bits per heavy atom. The lowest BCUT2D eigenvalue weighted by Gasteiger charge is -2.32. The molecule has 1 saturated heterocycles. The number of sulfonamides is 1. The molecule has 1 atom stereocenters. The van der Waals surface area contributed by atoms with Crippen molar-refractivity contribution in [1.29, 1.82) is 0 Å². The lowest BCUT2D eigenvalue weighted by atomic mass is 10.1. The molecule has 5 rings (SSSR count). The van der Waals surface area contributed by atoms with E-state index in [1.807, 2.05) is 54.6 Å². The van der Waals surface area contributed by atoms with E-state index in [2.05, 4.69) is 5.10 Å². The van der Waals surface area contributed by atoms with E-state index in [1.165, 1.54) is 13.8 Å². The summed E-state index contributed by atoms with van der Waals surface area (Å²) < 4.78 is 98.0. The first kappa shape index (κ1) is 28.6. The highest BCUT2D eigenvalue weighted by molar-refractivity contribution is 7.89. The highest BCUT2D eigenvalue weighted by atomic mass is 32.2. The molecule has 0 spiro atoms. The monoisotopic (exact) mass is 589 g/mol. The van der Waals surface area contributed by atoms with Gasteiger partial charge in [-0.15, -0.1) is 0 Å². The summed E-state index contributed by atoms with van der Waals surface area (Å²) in [6.07, 6.45) is 1.80. The van der Waals surface area contributed by atoms with Gasteiger partial charge in [-0.3, -0.25) is 4.68 Å². The maximum absolute atomic E-state index is 14.9. The number of benzene rings is 3.